The Kier molecular flexibility index (Phi) is 3.85. The number of carbonyl (C=O) groups is 2. The van der Waals surface area contributed by atoms with Crippen LogP contribution in [0, 0.1) is 0 Å². The van der Waals surface area contributed by atoms with Crippen LogP contribution in [0.2, 0.25) is 0 Å². The summed E-state index contributed by atoms with van der Waals surface area (Å²) in [6, 6.07) is 2.77. The molecule has 78 valence electrons. The van der Waals surface area contributed by atoms with Gasteiger partial charge in [-0.15, -0.1) is 0 Å². The Balaban J connectivity index is 2.91. The summed E-state index contributed by atoms with van der Waals surface area (Å²) >= 11 is 0. The molecule has 0 bridgehead atoms. The Morgan fingerprint density at radius 1 is 1.53 bits per heavy atom. The Bertz CT molecular complexity index is 356. The molecule has 1 rings (SSSR count). The van der Waals surface area contributed by atoms with Gasteiger partial charge in [0.1, 0.15) is 6.04 Å². The van der Waals surface area contributed by atoms with Crippen molar-refractivity contribution in [1.29, 1.82) is 0 Å². The molecule has 6 heteroatoms. The molecule has 0 aromatic carbocycles. The van der Waals surface area contributed by atoms with E-state index >= 15 is 0 Å². The van der Waals surface area contributed by atoms with Gasteiger partial charge in [-0.3, -0.25) is 14.6 Å². The molecule has 1 atom stereocenters. The molecule has 0 aliphatic rings. The van der Waals surface area contributed by atoms with Gasteiger partial charge in [-0.05, 0) is 6.07 Å². The number of aromatic nitrogens is 1. The number of carbonyl (C=O) groups excluding carboxylic acids is 2. The number of rotatable bonds is 3. The van der Waals surface area contributed by atoms with E-state index < -0.39 is 6.04 Å². The third-order valence-corrected chi connectivity index (χ3v) is 1.87. The average Bonchev–Trinajstić information content (AvgIpc) is 2.26. The highest BCUT2D eigenvalue weighted by molar-refractivity contribution is 6.57. The third kappa shape index (κ3) is 3.09. The fourth-order valence-corrected chi connectivity index (χ4v) is 1.19. The van der Waals surface area contributed by atoms with Gasteiger partial charge in [0.15, 0.2) is 5.81 Å². The number of nitrogens with zero attached hydrogens (tertiary/aromatic N) is 1. The van der Waals surface area contributed by atoms with Gasteiger partial charge in [0, 0.05) is 25.0 Å². The van der Waals surface area contributed by atoms with Crippen molar-refractivity contribution in [2.45, 2.75) is 6.04 Å². The number of hydrogen-bond acceptors (Lipinski definition) is 3. The zero-order valence-electron chi connectivity index (χ0n) is 8.65. The van der Waals surface area contributed by atoms with E-state index in [-0.39, 0.29) is 11.7 Å². The monoisotopic (exact) mass is 205 g/mol. The van der Waals surface area contributed by atoms with Crippen molar-refractivity contribution in [2.24, 2.45) is 0 Å². The summed E-state index contributed by atoms with van der Waals surface area (Å²) < 4.78 is 0. The zero-order chi connectivity index (χ0) is 11.3. The van der Waals surface area contributed by atoms with Crippen molar-refractivity contribution in [3.8, 4) is 0 Å². The predicted octanol–water partition coefficient (Wildman–Crippen LogP) is -0.789. The minimum absolute atomic E-state index is 0.257. The highest BCUT2D eigenvalue weighted by atomic mass is 16.2. The molecular formula is C9H12BN3O2. The van der Waals surface area contributed by atoms with Crippen molar-refractivity contribution in [1.82, 2.24) is 15.6 Å². The fourth-order valence-electron chi connectivity index (χ4n) is 1.19. The molecule has 0 aliphatic heterocycles. The summed E-state index contributed by atoms with van der Waals surface area (Å²) in [6.45, 7) is 0. The number of hydrogen-bond donors (Lipinski definition) is 2. The van der Waals surface area contributed by atoms with E-state index in [9.17, 15) is 9.59 Å². The van der Waals surface area contributed by atoms with E-state index in [1.54, 1.807) is 24.5 Å². The lowest BCUT2D eigenvalue weighted by Gasteiger charge is -2.16. The topological polar surface area (TPSA) is 71.1 Å². The summed E-state index contributed by atoms with van der Waals surface area (Å²) in [5.74, 6) is -0.523. The minimum atomic E-state index is -0.679. The van der Waals surface area contributed by atoms with Gasteiger partial charge in [0.05, 0.1) is 0 Å². The highest BCUT2D eigenvalue weighted by Gasteiger charge is 2.19. The van der Waals surface area contributed by atoms with E-state index in [1.165, 1.54) is 14.9 Å². The third-order valence-electron chi connectivity index (χ3n) is 1.87. The molecule has 5 nitrogen and oxygen atoms in total. The first-order valence-corrected chi connectivity index (χ1v) is 4.53. The van der Waals surface area contributed by atoms with Gasteiger partial charge in [0.2, 0.25) is 13.8 Å². The van der Waals surface area contributed by atoms with Gasteiger partial charge in [-0.1, -0.05) is 6.07 Å². The molecule has 1 unspecified atom stereocenters. The lowest BCUT2D eigenvalue weighted by molar-refractivity contribution is -0.122. The van der Waals surface area contributed by atoms with E-state index in [1.807, 2.05) is 0 Å². The van der Waals surface area contributed by atoms with Crippen LogP contribution < -0.4 is 10.6 Å². The lowest BCUT2D eigenvalue weighted by atomic mass is 10.0. The summed E-state index contributed by atoms with van der Waals surface area (Å²) in [5, 5.41) is 5.04. The van der Waals surface area contributed by atoms with Gasteiger partial charge in [0.25, 0.3) is 0 Å². The van der Waals surface area contributed by atoms with E-state index in [2.05, 4.69) is 15.6 Å². The van der Waals surface area contributed by atoms with E-state index in [0.29, 0.717) is 5.56 Å². The smallest absolute Gasteiger partial charge is 0.247 e. The van der Waals surface area contributed by atoms with Crippen molar-refractivity contribution in [3.05, 3.63) is 30.1 Å². The number of pyridine rings is 1. The fraction of sp³-hybridized carbons (Fsp3) is 0.222. The predicted molar refractivity (Wildman–Crippen MR) is 58.1 cm³/mol. The first-order chi connectivity index (χ1) is 7.15. The van der Waals surface area contributed by atoms with Crippen LogP contribution in [0.5, 0.6) is 0 Å². The summed E-state index contributed by atoms with van der Waals surface area (Å²) in [5.41, 5.74) is 0.659. The van der Waals surface area contributed by atoms with E-state index in [0.717, 1.165) is 0 Å². The second-order valence-electron chi connectivity index (χ2n) is 3.03. The standard InChI is InChI=1S/C9H12BN3O2/c1-11-8(14)7(13-9(10)15)6-3-2-4-12-5-6/h2-5,7H,10H2,1H3,(H,11,14)(H,13,15). The maximum atomic E-state index is 11.5. The number of amides is 2. The maximum absolute atomic E-state index is 11.5. The Labute approximate surface area is 88.7 Å². The molecule has 0 radical (unpaired) electrons. The lowest BCUT2D eigenvalue weighted by Crippen LogP contribution is -2.38. The molecular weight excluding hydrogens is 193 g/mol. The van der Waals surface area contributed by atoms with Crippen LogP contribution in [-0.2, 0) is 4.79 Å². The Morgan fingerprint density at radius 2 is 2.27 bits per heavy atom. The molecule has 0 spiro atoms. The maximum Gasteiger partial charge on any atom is 0.247 e. The molecule has 0 fully saturated rings. The molecule has 1 heterocycles. The van der Waals surface area contributed by atoms with Gasteiger partial charge in [-0.2, -0.15) is 0 Å². The Morgan fingerprint density at radius 3 is 2.73 bits per heavy atom. The summed E-state index contributed by atoms with van der Waals surface area (Å²) in [6.07, 6.45) is 3.16. The molecule has 2 amide bonds. The number of nitrogens with one attached hydrogen (secondary N) is 2. The van der Waals surface area contributed by atoms with Gasteiger partial charge in [-0.25, -0.2) is 0 Å². The van der Waals surface area contributed by atoms with Crippen molar-refractivity contribution >= 4 is 19.6 Å². The van der Waals surface area contributed by atoms with Crippen LogP contribution in [0.25, 0.3) is 0 Å². The Hall–Kier alpha value is -1.85. The van der Waals surface area contributed by atoms with Crippen LogP contribution in [0.3, 0.4) is 0 Å². The molecule has 1 aromatic heterocycles. The van der Waals surface area contributed by atoms with Crippen LogP contribution in [0.4, 0.5) is 4.79 Å². The average molecular weight is 205 g/mol. The minimum Gasteiger partial charge on any atom is -0.357 e. The molecule has 0 saturated carbocycles. The van der Waals surface area contributed by atoms with Gasteiger partial charge >= 0.3 is 0 Å². The van der Waals surface area contributed by atoms with Crippen LogP contribution >= 0.6 is 0 Å². The van der Waals surface area contributed by atoms with Gasteiger partial charge < -0.3 is 10.6 Å². The first-order valence-electron chi connectivity index (χ1n) is 4.53. The van der Waals surface area contributed by atoms with E-state index in [4.69, 9.17) is 0 Å². The second-order valence-corrected chi connectivity index (χ2v) is 3.03. The largest absolute Gasteiger partial charge is 0.357 e. The molecule has 0 aliphatic carbocycles. The summed E-state index contributed by atoms with van der Waals surface area (Å²) in [4.78, 5) is 26.3. The SMILES string of the molecule is BC(=O)NC(C(=O)NC)c1cccnc1. The quantitative estimate of drug-likeness (QED) is 0.635. The van der Waals surface area contributed by atoms with Crippen LogP contribution in [0.1, 0.15) is 11.6 Å². The molecule has 1 aromatic rings. The summed E-state index contributed by atoms with van der Waals surface area (Å²) in [7, 11) is 2.89. The van der Waals surface area contributed by atoms with Crippen LogP contribution in [-0.4, -0.2) is 31.6 Å². The van der Waals surface area contributed by atoms with Crippen molar-refractivity contribution in [2.75, 3.05) is 7.05 Å². The normalized spacial score (nSPS) is 11.5. The second kappa shape index (κ2) is 5.14. The first kappa shape index (κ1) is 11.2. The van der Waals surface area contributed by atoms with Crippen LogP contribution in [0.15, 0.2) is 24.5 Å². The highest BCUT2D eigenvalue weighted by Crippen LogP contribution is 2.10. The molecule has 2 N–H and O–H groups in total. The molecule has 0 saturated heterocycles. The van der Waals surface area contributed by atoms with Crippen molar-refractivity contribution in [3.63, 3.8) is 0 Å². The molecule has 15 heavy (non-hydrogen) atoms. The zero-order valence-corrected chi connectivity index (χ0v) is 8.65. The number of likely N-dealkylation sites (N-methyl/N-ethyl adjacent to an activating group) is 1. The van der Waals surface area contributed by atoms with Crippen molar-refractivity contribution < 1.29 is 9.59 Å².